The molecule has 0 saturated heterocycles. The fourth-order valence-corrected chi connectivity index (χ4v) is 3.17. The number of halogens is 1. The highest BCUT2D eigenvalue weighted by Crippen LogP contribution is 2.36. The number of benzene rings is 1. The van der Waals surface area contributed by atoms with E-state index in [4.69, 9.17) is 4.74 Å². The minimum Gasteiger partial charge on any atom is -0.494 e. The minimum absolute atomic E-state index is 0.255. The van der Waals surface area contributed by atoms with Crippen LogP contribution in [0.4, 0.5) is 4.39 Å². The zero-order chi connectivity index (χ0) is 13.9. The van der Waals surface area contributed by atoms with Crippen molar-refractivity contribution in [3.05, 3.63) is 29.6 Å². The largest absolute Gasteiger partial charge is 0.494 e. The van der Waals surface area contributed by atoms with Gasteiger partial charge in [0.15, 0.2) is 11.6 Å². The third kappa shape index (κ3) is 3.47. The molecule has 1 aromatic rings. The highest BCUT2D eigenvalue weighted by Gasteiger charge is 2.33. The second-order valence-electron chi connectivity index (χ2n) is 5.74. The standard InChI is InChI=1S/C16H23FO2/c1-3-12-5-4-8-16(18,10-12)11-13-6-7-15(19-2)14(17)9-13/h6-7,9,12,18H,3-5,8,10-11H2,1-2H3. The summed E-state index contributed by atoms with van der Waals surface area (Å²) in [6, 6.07) is 4.95. The second-order valence-corrected chi connectivity index (χ2v) is 5.74. The molecule has 19 heavy (non-hydrogen) atoms. The predicted molar refractivity (Wildman–Crippen MR) is 73.9 cm³/mol. The van der Waals surface area contributed by atoms with Crippen LogP contribution in [-0.2, 0) is 6.42 Å². The predicted octanol–water partition coefficient (Wildman–Crippen LogP) is 3.71. The summed E-state index contributed by atoms with van der Waals surface area (Å²) in [6.07, 6.45) is 5.56. The average molecular weight is 266 g/mol. The molecule has 2 rings (SSSR count). The Kier molecular flexibility index (Phi) is 4.46. The summed E-state index contributed by atoms with van der Waals surface area (Å²) in [6.45, 7) is 2.17. The molecule has 1 N–H and O–H groups in total. The van der Waals surface area contributed by atoms with Gasteiger partial charge in [-0.25, -0.2) is 4.39 Å². The van der Waals surface area contributed by atoms with Gasteiger partial charge in [-0.2, -0.15) is 0 Å². The van der Waals surface area contributed by atoms with Crippen LogP contribution in [0, 0.1) is 11.7 Å². The molecule has 1 aliphatic rings. The van der Waals surface area contributed by atoms with Crippen molar-refractivity contribution < 1.29 is 14.2 Å². The van der Waals surface area contributed by atoms with Crippen LogP contribution in [0.1, 0.15) is 44.6 Å². The van der Waals surface area contributed by atoms with Gasteiger partial charge in [-0.3, -0.25) is 0 Å². The van der Waals surface area contributed by atoms with Gasteiger partial charge in [0.1, 0.15) is 0 Å². The van der Waals surface area contributed by atoms with Crippen molar-refractivity contribution in [3.8, 4) is 5.75 Å². The van der Waals surface area contributed by atoms with E-state index in [9.17, 15) is 9.50 Å². The summed E-state index contributed by atoms with van der Waals surface area (Å²) in [4.78, 5) is 0. The minimum atomic E-state index is -0.667. The van der Waals surface area contributed by atoms with Gasteiger partial charge >= 0.3 is 0 Å². The summed E-state index contributed by atoms with van der Waals surface area (Å²) in [5.41, 5.74) is 0.178. The summed E-state index contributed by atoms with van der Waals surface area (Å²) in [7, 11) is 1.46. The van der Waals surface area contributed by atoms with Gasteiger partial charge in [0.2, 0.25) is 0 Å². The van der Waals surface area contributed by atoms with Crippen LogP contribution in [0.3, 0.4) is 0 Å². The third-order valence-corrected chi connectivity index (χ3v) is 4.25. The first-order valence-electron chi connectivity index (χ1n) is 7.11. The van der Waals surface area contributed by atoms with Crippen LogP contribution in [0.25, 0.3) is 0 Å². The maximum atomic E-state index is 13.7. The molecule has 2 nitrogen and oxygen atoms in total. The van der Waals surface area contributed by atoms with E-state index in [-0.39, 0.29) is 11.6 Å². The Hall–Kier alpha value is -1.09. The first kappa shape index (κ1) is 14.3. The molecule has 0 heterocycles. The van der Waals surface area contributed by atoms with Gasteiger partial charge in [0.05, 0.1) is 12.7 Å². The van der Waals surface area contributed by atoms with E-state index in [0.29, 0.717) is 12.3 Å². The number of hydrogen-bond donors (Lipinski definition) is 1. The van der Waals surface area contributed by atoms with E-state index in [1.54, 1.807) is 6.07 Å². The summed E-state index contributed by atoms with van der Waals surface area (Å²) in [5.74, 6) is 0.499. The van der Waals surface area contributed by atoms with E-state index < -0.39 is 5.60 Å². The SMILES string of the molecule is CCC1CCCC(O)(Cc2ccc(OC)c(F)c2)C1. The van der Waals surface area contributed by atoms with Crippen molar-refractivity contribution >= 4 is 0 Å². The van der Waals surface area contributed by atoms with E-state index in [1.807, 2.05) is 6.07 Å². The number of rotatable bonds is 4. The lowest BCUT2D eigenvalue weighted by Crippen LogP contribution is -2.37. The summed E-state index contributed by atoms with van der Waals surface area (Å²) < 4.78 is 18.6. The molecule has 2 unspecified atom stereocenters. The smallest absolute Gasteiger partial charge is 0.165 e. The fourth-order valence-electron chi connectivity index (χ4n) is 3.17. The van der Waals surface area contributed by atoms with Gasteiger partial charge in [-0.15, -0.1) is 0 Å². The first-order valence-corrected chi connectivity index (χ1v) is 7.11. The lowest BCUT2D eigenvalue weighted by molar-refractivity contribution is -0.0162. The van der Waals surface area contributed by atoms with Crippen LogP contribution in [0.15, 0.2) is 18.2 Å². The van der Waals surface area contributed by atoms with Crippen molar-refractivity contribution in [1.29, 1.82) is 0 Å². The van der Waals surface area contributed by atoms with Crippen LogP contribution >= 0.6 is 0 Å². The average Bonchev–Trinajstić information content (AvgIpc) is 2.38. The van der Waals surface area contributed by atoms with Crippen molar-refractivity contribution in [2.75, 3.05) is 7.11 Å². The Morgan fingerprint density at radius 3 is 2.89 bits per heavy atom. The van der Waals surface area contributed by atoms with Gasteiger partial charge < -0.3 is 9.84 Å². The van der Waals surface area contributed by atoms with E-state index in [0.717, 1.165) is 31.2 Å². The van der Waals surface area contributed by atoms with Gasteiger partial charge in [-0.1, -0.05) is 32.3 Å². The monoisotopic (exact) mass is 266 g/mol. The van der Waals surface area contributed by atoms with Crippen LogP contribution < -0.4 is 4.74 Å². The van der Waals surface area contributed by atoms with Gasteiger partial charge in [0, 0.05) is 6.42 Å². The number of methoxy groups -OCH3 is 1. The molecule has 0 bridgehead atoms. The molecule has 0 aliphatic heterocycles. The fraction of sp³-hybridized carbons (Fsp3) is 0.625. The Morgan fingerprint density at radius 1 is 1.47 bits per heavy atom. The highest BCUT2D eigenvalue weighted by molar-refractivity contribution is 5.30. The topological polar surface area (TPSA) is 29.5 Å². The number of aliphatic hydroxyl groups is 1. The summed E-state index contributed by atoms with van der Waals surface area (Å²) >= 11 is 0. The lowest BCUT2D eigenvalue weighted by Gasteiger charge is -2.36. The third-order valence-electron chi connectivity index (χ3n) is 4.25. The Labute approximate surface area is 114 Å². The van der Waals surface area contributed by atoms with Gasteiger partial charge in [0.25, 0.3) is 0 Å². The molecule has 1 aromatic carbocycles. The highest BCUT2D eigenvalue weighted by atomic mass is 19.1. The molecule has 1 aliphatic carbocycles. The molecule has 0 radical (unpaired) electrons. The molecule has 0 amide bonds. The molecule has 0 spiro atoms. The van der Waals surface area contributed by atoms with E-state index >= 15 is 0 Å². The normalized spacial score (nSPS) is 27.3. The van der Waals surface area contributed by atoms with Crippen molar-refractivity contribution in [2.24, 2.45) is 5.92 Å². The Balaban J connectivity index is 2.09. The van der Waals surface area contributed by atoms with E-state index in [2.05, 4.69) is 6.92 Å². The number of ether oxygens (including phenoxy) is 1. The second kappa shape index (κ2) is 5.91. The zero-order valence-corrected chi connectivity index (χ0v) is 11.8. The first-order chi connectivity index (χ1) is 9.06. The van der Waals surface area contributed by atoms with Gasteiger partial charge in [-0.05, 0) is 36.5 Å². The van der Waals surface area contributed by atoms with Crippen molar-refractivity contribution in [2.45, 2.75) is 51.0 Å². The molecule has 0 aromatic heterocycles. The van der Waals surface area contributed by atoms with Crippen LogP contribution in [-0.4, -0.2) is 17.8 Å². The lowest BCUT2D eigenvalue weighted by atomic mass is 9.74. The zero-order valence-electron chi connectivity index (χ0n) is 11.8. The van der Waals surface area contributed by atoms with Crippen molar-refractivity contribution in [3.63, 3.8) is 0 Å². The Morgan fingerprint density at radius 2 is 2.26 bits per heavy atom. The molecule has 1 fully saturated rings. The van der Waals surface area contributed by atoms with Crippen LogP contribution in [0.2, 0.25) is 0 Å². The molecular weight excluding hydrogens is 243 g/mol. The maximum Gasteiger partial charge on any atom is 0.165 e. The maximum absolute atomic E-state index is 13.7. The van der Waals surface area contributed by atoms with Crippen LogP contribution in [0.5, 0.6) is 5.75 Å². The molecule has 1 saturated carbocycles. The molecule has 2 atom stereocenters. The van der Waals surface area contributed by atoms with Crippen molar-refractivity contribution in [1.82, 2.24) is 0 Å². The summed E-state index contributed by atoms with van der Waals surface area (Å²) in [5, 5.41) is 10.7. The molecule has 3 heteroatoms. The molecule has 106 valence electrons. The quantitative estimate of drug-likeness (QED) is 0.900. The molecular formula is C16H23FO2. The van der Waals surface area contributed by atoms with E-state index in [1.165, 1.54) is 19.6 Å². The Bertz CT molecular complexity index is 433. The number of hydrogen-bond acceptors (Lipinski definition) is 2.